The maximum Gasteiger partial charge on any atom is 0.407 e. The Bertz CT molecular complexity index is 635. The minimum absolute atomic E-state index is 0.102. The van der Waals surface area contributed by atoms with Crippen LogP contribution in [0, 0.1) is 0 Å². The number of nitrogens with one attached hydrogen (secondary N) is 1. The van der Waals surface area contributed by atoms with Crippen LogP contribution >= 0.6 is 0 Å². The SMILES string of the molecule is O=C(NC1CCC=C(n2ccnc2)C1)OCc1ccccc1. The number of hydrogen-bond acceptors (Lipinski definition) is 3. The van der Waals surface area contributed by atoms with Gasteiger partial charge in [-0.1, -0.05) is 36.4 Å². The topological polar surface area (TPSA) is 56.2 Å². The second-order valence-corrected chi connectivity index (χ2v) is 5.35. The number of carbonyl (C=O) groups is 1. The summed E-state index contributed by atoms with van der Waals surface area (Å²) in [5.74, 6) is 0. The molecule has 5 nitrogen and oxygen atoms in total. The summed E-state index contributed by atoms with van der Waals surface area (Å²) in [4.78, 5) is 16.0. The summed E-state index contributed by atoms with van der Waals surface area (Å²) in [7, 11) is 0. The predicted octanol–water partition coefficient (Wildman–Crippen LogP) is 3.20. The van der Waals surface area contributed by atoms with Gasteiger partial charge in [0, 0.05) is 30.6 Å². The van der Waals surface area contributed by atoms with Crippen LogP contribution in [0.3, 0.4) is 0 Å². The number of nitrogens with zero attached hydrogens (tertiary/aromatic N) is 2. The molecule has 0 bridgehead atoms. The van der Waals surface area contributed by atoms with Gasteiger partial charge >= 0.3 is 6.09 Å². The summed E-state index contributed by atoms with van der Waals surface area (Å²) in [6, 6.07) is 9.78. The van der Waals surface area contributed by atoms with Gasteiger partial charge in [0.25, 0.3) is 0 Å². The summed E-state index contributed by atoms with van der Waals surface area (Å²) in [6.07, 6.45) is 9.94. The minimum atomic E-state index is -0.360. The van der Waals surface area contributed by atoms with E-state index in [4.69, 9.17) is 4.74 Å². The lowest BCUT2D eigenvalue weighted by molar-refractivity contribution is 0.135. The lowest BCUT2D eigenvalue weighted by Crippen LogP contribution is -2.36. The molecule has 22 heavy (non-hydrogen) atoms. The van der Waals surface area contributed by atoms with Gasteiger partial charge in [0.1, 0.15) is 6.61 Å². The Kier molecular flexibility index (Phi) is 4.53. The summed E-state index contributed by atoms with van der Waals surface area (Å²) >= 11 is 0. The van der Waals surface area contributed by atoms with E-state index in [1.54, 1.807) is 12.5 Å². The van der Waals surface area contributed by atoms with E-state index in [2.05, 4.69) is 16.4 Å². The Morgan fingerprint density at radius 1 is 1.36 bits per heavy atom. The van der Waals surface area contributed by atoms with Crippen LogP contribution in [0.5, 0.6) is 0 Å². The second-order valence-electron chi connectivity index (χ2n) is 5.35. The van der Waals surface area contributed by atoms with Crippen LogP contribution in [0.15, 0.2) is 55.1 Å². The largest absolute Gasteiger partial charge is 0.445 e. The van der Waals surface area contributed by atoms with Crippen LogP contribution < -0.4 is 5.32 Å². The van der Waals surface area contributed by atoms with E-state index in [-0.39, 0.29) is 12.1 Å². The minimum Gasteiger partial charge on any atom is -0.445 e. The molecule has 114 valence electrons. The Morgan fingerprint density at radius 2 is 2.23 bits per heavy atom. The van der Waals surface area contributed by atoms with Crippen LogP contribution in [0.2, 0.25) is 0 Å². The maximum atomic E-state index is 11.9. The van der Waals surface area contributed by atoms with Gasteiger partial charge in [-0.25, -0.2) is 9.78 Å². The normalized spacial score (nSPS) is 17.6. The van der Waals surface area contributed by atoms with Crippen LogP contribution in [0.25, 0.3) is 5.70 Å². The number of alkyl carbamates (subject to hydrolysis) is 1. The van der Waals surface area contributed by atoms with Gasteiger partial charge in [-0.2, -0.15) is 0 Å². The highest BCUT2D eigenvalue weighted by Crippen LogP contribution is 2.22. The predicted molar refractivity (Wildman–Crippen MR) is 83.9 cm³/mol. The van der Waals surface area contributed by atoms with Crippen molar-refractivity contribution in [2.24, 2.45) is 0 Å². The molecule has 0 aliphatic heterocycles. The summed E-state index contributed by atoms with van der Waals surface area (Å²) in [6.45, 7) is 0.295. The maximum absolute atomic E-state index is 11.9. The van der Waals surface area contributed by atoms with Gasteiger partial charge in [0.2, 0.25) is 0 Å². The van der Waals surface area contributed by atoms with Gasteiger partial charge in [-0.05, 0) is 18.4 Å². The number of rotatable bonds is 4. The molecule has 0 radical (unpaired) electrons. The van der Waals surface area contributed by atoms with E-state index in [0.717, 1.165) is 30.5 Å². The van der Waals surface area contributed by atoms with Gasteiger partial charge in [-0.3, -0.25) is 0 Å². The first kappa shape index (κ1) is 14.4. The Labute approximate surface area is 129 Å². The molecule has 3 rings (SSSR count). The molecule has 0 saturated heterocycles. The number of allylic oxidation sites excluding steroid dienone is 1. The Balaban J connectivity index is 1.49. The lowest BCUT2D eigenvalue weighted by atomic mass is 9.99. The number of benzene rings is 1. The van der Waals surface area contributed by atoms with E-state index in [9.17, 15) is 4.79 Å². The van der Waals surface area contributed by atoms with E-state index in [1.165, 1.54) is 0 Å². The average Bonchev–Trinajstić information content (AvgIpc) is 3.09. The molecule has 1 unspecified atom stereocenters. The van der Waals surface area contributed by atoms with Crippen molar-refractivity contribution in [2.75, 3.05) is 0 Å². The fourth-order valence-electron chi connectivity index (χ4n) is 2.58. The third-order valence-corrected chi connectivity index (χ3v) is 3.72. The standard InChI is InChI=1S/C17H19N3O2/c21-17(22-12-14-5-2-1-3-6-14)19-15-7-4-8-16(11-15)20-10-9-18-13-20/h1-3,5-6,8-10,13,15H,4,7,11-12H2,(H,19,21). The molecular formula is C17H19N3O2. The molecule has 1 aromatic carbocycles. The highest BCUT2D eigenvalue weighted by Gasteiger charge is 2.19. The highest BCUT2D eigenvalue weighted by molar-refractivity contribution is 5.68. The lowest BCUT2D eigenvalue weighted by Gasteiger charge is -2.24. The summed E-state index contributed by atoms with van der Waals surface area (Å²) in [5.41, 5.74) is 2.15. The monoisotopic (exact) mass is 297 g/mol. The first-order valence-corrected chi connectivity index (χ1v) is 7.46. The number of amides is 1. The number of aromatic nitrogens is 2. The summed E-state index contributed by atoms with van der Waals surface area (Å²) < 4.78 is 7.26. The zero-order valence-electron chi connectivity index (χ0n) is 12.3. The number of imidazole rings is 1. The van der Waals surface area contributed by atoms with Gasteiger partial charge in [-0.15, -0.1) is 0 Å². The van der Waals surface area contributed by atoms with E-state index >= 15 is 0 Å². The van der Waals surface area contributed by atoms with Crippen molar-refractivity contribution >= 4 is 11.8 Å². The zero-order chi connectivity index (χ0) is 15.2. The van der Waals surface area contributed by atoms with E-state index < -0.39 is 0 Å². The number of ether oxygens (including phenoxy) is 1. The Hall–Kier alpha value is -2.56. The van der Waals surface area contributed by atoms with Crippen molar-refractivity contribution in [1.82, 2.24) is 14.9 Å². The van der Waals surface area contributed by atoms with Crippen LogP contribution in [-0.4, -0.2) is 21.7 Å². The zero-order valence-corrected chi connectivity index (χ0v) is 12.3. The quantitative estimate of drug-likeness (QED) is 0.943. The molecule has 1 atom stereocenters. The van der Waals surface area contributed by atoms with Gasteiger partial charge < -0.3 is 14.6 Å². The molecule has 1 amide bonds. The highest BCUT2D eigenvalue weighted by atomic mass is 16.5. The molecule has 0 spiro atoms. The molecule has 0 saturated carbocycles. The van der Waals surface area contributed by atoms with Crippen LogP contribution in [0.4, 0.5) is 4.79 Å². The molecule has 0 fully saturated rings. The average molecular weight is 297 g/mol. The molecular weight excluding hydrogens is 278 g/mol. The van der Waals surface area contributed by atoms with Crippen molar-refractivity contribution in [3.8, 4) is 0 Å². The number of carbonyl (C=O) groups excluding carboxylic acids is 1. The first-order chi connectivity index (χ1) is 10.8. The van der Waals surface area contributed by atoms with Crippen LogP contribution in [-0.2, 0) is 11.3 Å². The fourth-order valence-corrected chi connectivity index (χ4v) is 2.58. The molecule has 2 aromatic rings. The third-order valence-electron chi connectivity index (χ3n) is 3.72. The summed E-state index contributed by atoms with van der Waals surface area (Å²) in [5, 5.41) is 2.95. The fraction of sp³-hybridized carbons (Fsp3) is 0.294. The Morgan fingerprint density at radius 3 is 3.00 bits per heavy atom. The van der Waals surface area contributed by atoms with Crippen LogP contribution in [0.1, 0.15) is 24.8 Å². The molecule has 1 aliphatic rings. The molecule has 5 heteroatoms. The van der Waals surface area contributed by atoms with Crippen molar-refractivity contribution in [3.63, 3.8) is 0 Å². The van der Waals surface area contributed by atoms with Crippen molar-refractivity contribution < 1.29 is 9.53 Å². The molecule has 1 N–H and O–H groups in total. The van der Waals surface area contributed by atoms with E-state index in [0.29, 0.717) is 6.61 Å². The molecule has 1 aromatic heterocycles. The van der Waals surface area contributed by atoms with E-state index in [1.807, 2.05) is 41.1 Å². The smallest absolute Gasteiger partial charge is 0.407 e. The van der Waals surface area contributed by atoms with Crippen molar-refractivity contribution in [1.29, 1.82) is 0 Å². The third kappa shape index (κ3) is 3.75. The first-order valence-electron chi connectivity index (χ1n) is 7.46. The number of hydrogen-bond donors (Lipinski definition) is 1. The van der Waals surface area contributed by atoms with Crippen molar-refractivity contribution in [2.45, 2.75) is 31.9 Å². The molecule has 1 heterocycles. The van der Waals surface area contributed by atoms with Gasteiger partial charge in [0.05, 0.1) is 6.33 Å². The van der Waals surface area contributed by atoms with Gasteiger partial charge in [0.15, 0.2) is 0 Å². The second kappa shape index (κ2) is 6.93. The molecule has 1 aliphatic carbocycles. The van der Waals surface area contributed by atoms with Crippen molar-refractivity contribution in [3.05, 3.63) is 60.7 Å².